The fourth-order valence-electron chi connectivity index (χ4n) is 1.40. The number of rotatable bonds is 5. The Hall–Kier alpha value is -0.910. The minimum absolute atomic E-state index is 0.338. The topological polar surface area (TPSA) is 40.6 Å². The average Bonchev–Trinajstić information content (AvgIpc) is 2.29. The molecule has 1 aromatic carbocycles. The molecule has 4 nitrogen and oxygen atoms in total. The molecule has 0 fully saturated rings. The fourth-order valence-corrected chi connectivity index (χ4v) is 2.30. The van der Waals surface area contributed by atoms with Gasteiger partial charge in [0.05, 0.1) is 4.90 Å². The summed E-state index contributed by atoms with van der Waals surface area (Å²) >= 11 is 0. The second-order valence-electron chi connectivity index (χ2n) is 4.26. The first kappa shape index (κ1) is 14.2. The van der Waals surface area contributed by atoms with E-state index in [1.54, 1.807) is 12.1 Å². The van der Waals surface area contributed by atoms with E-state index in [1.807, 2.05) is 19.2 Å². The monoisotopic (exact) mass is 256 g/mol. The molecule has 17 heavy (non-hydrogen) atoms. The SMILES string of the molecule is CCN(C)Cc1ccc(S(=O)(=O)N(C)C)cc1. The van der Waals surface area contributed by atoms with Crippen LogP contribution in [0, 0.1) is 0 Å². The molecule has 0 aliphatic rings. The molecule has 0 bridgehead atoms. The van der Waals surface area contributed by atoms with E-state index in [0.29, 0.717) is 4.90 Å². The normalized spacial score (nSPS) is 12.4. The highest BCUT2D eigenvalue weighted by molar-refractivity contribution is 7.89. The maximum absolute atomic E-state index is 11.8. The molecule has 0 aliphatic heterocycles. The van der Waals surface area contributed by atoms with Crippen molar-refractivity contribution >= 4 is 10.0 Å². The van der Waals surface area contributed by atoms with E-state index in [1.165, 1.54) is 18.4 Å². The predicted octanol–water partition coefficient (Wildman–Crippen LogP) is 1.39. The molecule has 1 aromatic rings. The Morgan fingerprint density at radius 3 is 2.00 bits per heavy atom. The van der Waals surface area contributed by atoms with Gasteiger partial charge in [-0.2, -0.15) is 0 Å². The molecular weight excluding hydrogens is 236 g/mol. The third-order valence-electron chi connectivity index (χ3n) is 2.69. The molecule has 0 amide bonds. The molecule has 0 aromatic heterocycles. The largest absolute Gasteiger partial charge is 0.302 e. The lowest BCUT2D eigenvalue weighted by Crippen LogP contribution is -2.22. The summed E-state index contributed by atoms with van der Waals surface area (Å²) in [5, 5.41) is 0. The van der Waals surface area contributed by atoms with Gasteiger partial charge in [0.15, 0.2) is 0 Å². The predicted molar refractivity (Wildman–Crippen MR) is 69.3 cm³/mol. The second kappa shape index (κ2) is 5.62. The lowest BCUT2D eigenvalue weighted by Gasteiger charge is -2.15. The van der Waals surface area contributed by atoms with Crippen LogP contribution in [0.5, 0.6) is 0 Å². The Morgan fingerprint density at radius 2 is 1.59 bits per heavy atom. The minimum atomic E-state index is -3.31. The molecule has 0 aliphatic carbocycles. The fraction of sp³-hybridized carbons (Fsp3) is 0.500. The van der Waals surface area contributed by atoms with E-state index in [-0.39, 0.29) is 0 Å². The van der Waals surface area contributed by atoms with E-state index in [2.05, 4.69) is 11.8 Å². The van der Waals surface area contributed by atoms with E-state index >= 15 is 0 Å². The van der Waals surface area contributed by atoms with Gasteiger partial charge in [-0.25, -0.2) is 12.7 Å². The van der Waals surface area contributed by atoms with Crippen LogP contribution in [0.15, 0.2) is 29.2 Å². The molecule has 0 radical (unpaired) electrons. The van der Waals surface area contributed by atoms with Crippen LogP contribution in [0.3, 0.4) is 0 Å². The summed E-state index contributed by atoms with van der Waals surface area (Å²) in [4.78, 5) is 2.50. The van der Waals surface area contributed by atoms with Gasteiger partial charge in [0, 0.05) is 20.6 Å². The molecule has 0 unspecified atom stereocenters. The number of sulfonamides is 1. The smallest absolute Gasteiger partial charge is 0.242 e. The van der Waals surface area contributed by atoms with Gasteiger partial charge in [0.1, 0.15) is 0 Å². The van der Waals surface area contributed by atoms with Crippen LogP contribution < -0.4 is 0 Å². The maximum Gasteiger partial charge on any atom is 0.242 e. The third kappa shape index (κ3) is 3.52. The summed E-state index contributed by atoms with van der Waals surface area (Å²) in [6, 6.07) is 7.05. The van der Waals surface area contributed by atoms with E-state index in [4.69, 9.17) is 0 Å². The lowest BCUT2D eigenvalue weighted by molar-refractivity contribution is 0.345. The van der Waals surface area contributed by atoms with E-state index in [0.717, 1.165) is 18.7 Å². The van der Waals surface area contributed by atoms with Crippen LogP contribution in [0.4, 0.5) is 0 Å². The van der Waals surface area contributed by atoms with Gasteiger partial charge in [-0.3, -0.25) is 0 Å². The Kier molecular flexibility index (Phi) is 4.68. The van der Waals surface area contributed by atoms with Gasteiger partial charge in [-0.15, -0.1) is 0 Å². The zero-order chi connectivity index (χ0) is 13.1. The molecule has 1 rings (SSSR count). The first-order valence-corrected chi connectivity index (χ1v) is 7.02. The maximum atomic E-state index is 11.8. The Labute approximate surface area is 104 Å². The summed E-state index contributed by atoms with van der Waals surface area (Å²) in [6.45, 7) is 3.89. The Morgan fingerprint density at radius 1 is 1.06 bits per heavy atom. The zero-order valence-corrected chi connectivity index (χ0v) is 11.7. The van der Waals surface area contributed by atoms with Crippen molar-refractivity contribution in [3.05, 3.63) is 29.8 Å². The van der Waals surface area contributed by atoms with Gasteiger partial charge in [-0.1, -0.05) is 19.1 Å². The molecule has 5 heteroatoms. The van der Waals surface area contributed by atoms with Gasteiger partial charge in [-0.05, 0) is 31.3 Å². The summed E-state index contributed by atoms with van der Waals surface area (Å²) in [5.74, 6) is 0. The van der Waals surface area contributed by atoms with Crippen LogP contribution >= 0.6 is 0 Å². The van der Waals surface area contributed by atoms with Gasteiger partial charge in [0.25, 0.3) is 0 Å². The van der Waals surface area contributed by atoms with Crippen LogP contribution in [-0.2, 0) is 16.6 Å². The highest BCUT2D eigenvalue weighted by atomic mass is 32.2. The molecular formula is C12H20N2O2S. The molecule has 96 valence electrons. The van der Waals surface area contributed by atoms with Crippen LogP contribution in [-0.4, -0.2) is 45.3 Å². The Balaban J connectivity index is 2.89. The molecule has 0 heterocycles. The van der Waals surface area contributed by atoms with Crippen molar-refractivity contribution in [2.45, 2.75) is 18.4 Å². The van der Waals surface area contributed by atoms with E-state index in [9.17, 15) is 8.42 Å². The second-order valence-corrected chi connectivity index (χ2v) is 6.41. The highest BCUT2D eigenvalue weighted by Crippen LogP contribution is 2.14. The average molecular weight is 256 g/mol. The summed E-state index contributed by atoms with van der Waals surface area (Å²) in [5.41, 5.74) is 1.12. The van der Waals surface area contributed by atoms with Gasteiger partial charge >= 0.3 is 0 Å². The van der Waals surface area contributed by atoms with Crippen LogP contribution in [0.25, 0.3) is 0 Å². The van der Waals surface area contributed by atoms with Crippen molar-refractivity contribution in [3.8, 4) is 0 Å². The first-order chi connectivity index (χ1) is 7.87. The van der Waals surface area contributed by atoms with Gasteiger partial charge in [0.2, 0.25) is 10.0 Å². The summed E-state index contributed by atoms with van der Waals surface area (Å²) in [6.07, 6.45) is 0. The molecule has 0 atom stereocenters. The van der Waals surface area contributed by atoms with Crippen molar-refractivity contribution in [1.82, 2.24) is 9.21 Å². The Bertz CT molecular complexity index is 452. The van der Waals surface area contributed by atoms with Crippen molar-refractivity contribution in [2.24, 2.45) is 0 Å². The molecule has 0 saturated carbocycles. The number of nitrogens with zero attached hydrogens (tertiary/aromatic N) is 2. The lowest BCUT2D eigenvalue weighted by atomic mass is 10.2. The van der Waals surface area contributed by atoms with Gasteiger partial charge < -0.3 is 4.90 Å². The van der Waals surface area contributed by atoms with Crippen molar-refractivity contribution in [1.29, 1.82) is 0 Å². The van der Waals surface area contributed by atoms with Crippen molar-refractivity contribution in [3.63, 3.8) is 0 Å². The van der Waals surface area contributed by atoms with Crippen LogP contribution in [0.1, 0.15) is 12.5 Å². The third-order valence-corrected chi connectivity index (χ3v) is 4.52. The number of hydrogen-bond acceptors (Lipinski definition) is 3. The van der Waals surface area contributed by atoms with Crippen LogP contribution in [0.2, 0.25) is 0 Å². The zero-order valence-electron chi connectivity index (χ0n) is 10.8. The number of benzene rings is 1. The molecule has 0 N–H and O–H groups in total. The minimum Gasteiger partial charge on any atom is -0.302 e. The first-order valence-electron chi connectivity index (χ1n) is 5.58. The summed E-state index contributed by atoms with van der Waals surface area (Å²) < 4.78 is 24.9. The molecule has 0 spiro atoms. The quantitative estimate of drug-likeness (QED) is 0.799. The highest BCUT2D eigenvalue weighted by Gasteiger charge is 2.16. The number of hydrogen-bond donors (Lipinski definition) is 0. The standard InChI is InChI=1S/C12H20N2O2S/c1-5-14(4)10-11-6-8-12(9-7-11)17(15,16)13(2)3/h6-9H,5,10H2,1-4H3. The molecule has 0 saturated heterocycles. The van der Waals surface area contributed by atoms with Crippen molar-refractivity contribution in [2.75, 3.05) is 27.7 Å². The van der Waals surface area contributed by atoms with E-state index < -0.39 is 10.0 Å². The summed E-state index contributed by atoms with van der Waals surface area (Å²) in [7, 11) is 1.80. The van der Waals surface area contributed by atoms with Crippen molar-refractivity contribution < 1.29 is 8.42 Å².